The lowest BCUT2D eigenvalue weighted by molar-refractivity contribution is 0.0999. The molecule has 0 saturated heterocycles. The van der Waals surface area contributed by atoms with E-state index in [-0.39, 0.29) is 5.91 Å². The second kappa shape index (κ2) is 6.87. The Morgan fingerprint density at radius 3 is 1.88 bits per heavy atom. The van der Waals surface area contributed by atoms with E-state index >= 15 is 0 Å². The maximum Gasteiger partial charge on any atom is 0.262 e. The fraction of sp³-hybridized carbons (Fsp3) is 0.0500. The normalized spacial score (nSPS) is 10.2. The number of amides is 1. The summed E-state index contributed by atoms with van der Waals surface area (Å²) >= 11 is 0. The van der Waals surface area contributed by atoms with Crippen LogP contribution in [0.25, 0.3) is 0 Å². The molecule has 0 heterocycles. The van der Waals surface area contributed by atoms with Gasteiger partial charge in [0, 0.05) is 16.9 Å². The number of hydrogen-bond donors (Lipinski definition) is 1. The van der Waals surface area contributed by atoms with E-state index in [1.807, 2.05) is 60.7 Å². The number of hydrogen-bond acceptors (Lipinski definition) is 3. The van der Waals surface area contributed by atoms with E-state index in [9.17, 15) is 4.79 Å². The molecule has 0 aliphatic carbocycles. The number of nitrogens with zero attached hydrogens (tertiary/aromatic N) is 1. The van der Waals surface area contributed by atoms with Crippen molar-refractivity contribution in [2.24, 2.45) is 0 Å². The average molecular weight is 318 g/mol. The lowest BCUT2D eigenvalue weighted by Gasteiger charge is -2.23. The largest absolute Gasteiger partial charge is 0.495 e. The Morgan fingerprint density at radius 2 is 1.42 bits per heavy atom. The predicted molar refractivity (Wildman–Crippen MR) is 96.8 cm³/mol. The number of ether oxygens (including phenoxy) is 1. The standard InChI is InChI=1S/C20H18N2O2/c1-24-19-13-12-15(14-18(19)21)20(23)22(16-8-4-2-5-9-16)17-10-6-3-7-11-17/h2-14H,21H2,1H3. The summed E-state index contributed by atoms with van der Waals surface area (Å²) in [6.07, 6.45) is 0. The number of nitrogens with two attached hydrogens (primary N) is 1. The molecule has 120 valence electrons. The van der Waals surface area contributed by atoms with Crippen LogP contribution < -0.4 is 15.4 Å². The summed E-state index contributed by atoms with van der Waals surface area (Å²) in [5.41, 5.74) is 8.48. The highest BCUT2D eigenvalue weighted by molar-refractivity contribution is 6.11. The molecular formula is C20H18N2O2. The Morgan fingerprint density at radius 1 is 0.875 bits per heavy atom. The molecule has 1 amide bonds. The monoisotopic (exact) mass is 318 g/mol. The van der Waals surface area contributed by atoms with Crippen LogP contribution in [0, 0.1) is 0 Å². The van der Waals surface area contributed by atoms with Gasteiger partial charge in [0.2, 0.25) is 0 Å². The van der Waals surface area contributed by atoms with Crippen LogP contribution in [0.3, 0.4) is 0 Å². The van der Waals surface area contributed by atoms with Gasteiger partial charge in [-0.05, 0) is 42.5 Å². The van der Waals surface area contributed by atoms with Gasteiger partial charge in [0.15, 0.2) is 0 Å². The summed E-state index contributed by atoms with van der Waals surface area (Å²) in [5.74, 6) is 0.402. The molecule has 0 bridgehead atoms. The van der Waals surface area contributed by atoms with Gasteiger partial charge in [0.05, 0.1) is 12.8 Å². The SMILES string of the molecule is COc1ccc(C(=O)N(c2ccccc2)c2ccccc2)cc1N. The average Bonchev–Trinajstić information content (AvgIpc) is 2.63. The van der Waals surface area contributed by atoms with Crippen molar-refractivity contribution in [3.63, 3.8) is 0 Å². The first-order valence-electron chi connectivity index (χ1n) is 7.59. The van der Waals surface area contributed by atoms with Gasteiger partial charge < -0.3 is 10.5 Å². The third-order valence-electron chi connectivity index (χ3n) is 3.71. The molecule has 0 aliphatic heterocycles. The van der Waals surface area contributed by atoms with Gasteiger partial charge in [-0.2, -0.15) is 0 Å². The molecule has 3 rings (SSSR count). The molecule has 24 heavy (non-hydrogen) atoms. The minimum absolute atomic E-state index is 0.151. The summed E-state index contributed by atoms with van der Waals surface area (Å²) in [6, 6.07) is 24.1. The highest BCUT2D eigenvalue weighted by atomic mass is 16.5. The second-order valence-corrected chi connectivity index (χ2v) is 5.27. The molecule has 4 heteroatoms. The number of para-hydroxylation sites is 2. The minimum Gasteiger partial charge on any atom is -0.495 e. The quantitative estimate of drug-likeness (QED) is 0.731. The van der Waals surface area contributed by atoms with E-state index in [0.717, 1.165) is 11.4 Å². The first-order valence-corrected chi connectivity index (χ1v) is 7.59. The van der Waals surface area contributed by atoms with Crippen molar-refractivity contribution in [1.82, 2.24) is 0 Å². The van der Waals surface area contributed by atoms with E-state index in [1.54, 1.807) is 30.2 Å². The van der Waals surface area contributed by atoms with Gasteiger partial charge >= 0.3 is 0 Å². The summed E-state index contributed by atoms with van der Waals surface area (Å²) in [4.78, 5) is 14.8. The maximum absolute atomic E-state index is 13.1. The molecular weight excluding hydrogens is 300 g/mol. The van der Waals surface area contributed by atoms with Gasteiger partial charge in [-0.25, -0.2) is 0 Å². The van der Waals surface area contributed by atoms with Crippen LogP contribution >= 0.6 is 0 Å². The van der Waals surface area contributed by atoms with Crippen LogP contribution in [-0.2, 0) is 0 Å². The first kappa shape index (κ1) is 15.6. The van der Waals surface area contributed by atoms with Crippen LogP contribution in [-0.4, -0.2) is 13.0 Å². The number of nitrogen functional groups attached to an aromatic ring is 1. The van der Waals surface area contributed by atoms with Crippen molar-refractivity contribution in [2.75, 3.05) is 17.7 Å². The molecule has 4 nitrogen and oxygen atoms in total. The molecule has 0 fully saturated rings. The molecule has 0 aromatic heterocycles. The summed E-state index contributed by atoms with van der Waals surface area (Å²) < 4.78 is 5.16. The number of carbonyl (C=O) groups excluding carboxylic acids is 1. The van der Waals surface area contributed by atoms with Crippen molar-refractivity contribution < 1.29 is 9.53 Å². The highest BCUT2D eigenvalue weighted by Gasteiger charge is 2.20. The Labute approximate surface area is 141 Å². The molecule has 0 atom stereocenters. The van der Waals surface area contributed by atoms with Crippen molar-refractivity contribution in [3.8, 4) is 5.75 Å². The predicted octanol–water partition coefficient (Wildman–Crippen LogP) is 4.26. The van der Waals surface area contributed by atoms with Gasteiger partial charge in [-0.15, -0.1) is 0 Å². The van der Waals surface area contributed by atoms with Gasteiger partial charge in [0.1, 0.15) is 5.75 Å². The topological polar surface area (TPSA) is 55.6 Å². The van der Waals surface area contributed by atoms with Crippen LogP contribution in [0.2, 0.25) is 0 Å². The van der Waals surface area contributed by atoms with E-state index in [2.05, 4.69) is 0 Å². The fourth-order valence-electron chi connectivity index (χ4n) is 2.53. The third-order valence-corrected chi connectivity index (χ3v) is 3.71. The number of benzene rings is 3. The molecule has 3 aromatic rings. The Kier molecular flexibility index (Phi) is 4.47. The zero-order valence-corrected chi connectivity index (χ0v) is 13.3. The number of anilines is 3. The van der Waals surface area contributed by atoms with Gasteiger partial charge in [-0.1, -0.05) is 36.4 Å². The summed E-state index contributed by atoms with van der Waals surface area (Å²) in [6.45, 7) is 0. The molecule has 0 spiro atoms. The first-order chi connectivity index (χ1) is 11.7. The van der Waals surface area contributed by atoms with Crippen molar-refractivity contribution in [1.29, 1.82) is 0 Å². The van der Waals surface area contributed by atoms with E-state index in [0.29, 0.717) is 17.0 Å². The number of carbonyl (C=O) groups is 1. The van der Waals surface area contributed by atoms with E-state index in [4.69, 9.17) is 10.5 Å². The second-order valence-electron chi connectivity index (χ2n) is 5.27. The molecule has 2 N–H and O–H groups in total. The molecule has 0 radical (unpaired) electrons. The molecule has 3 aromatic carbocycles. The van der Waals surface area contributed by atoms with Crippen molar-refractivity contribution in [3.05, 3.63) is 84.4 Å². The Balaban J connectivity index is 2.06. The smallest absolute Gasteiger partial charge is 0.262 e. The van der Waals surface area contributed by atoms with Crippen molar-refractivity contribution in [2.45, 2.75) is 0 Å². The zero-order valence-electron chi connectivity index (χ0n) is 13.3. The molecule has 0 aliphatic rings. The number of methoxy groups -OCH3 is 1. The van der Waals surface area contributed by atoms with E-state index in [1.165, 1.54) is 0 Å². The van der Waals surface area contributed by atoms with E-state index < -0.39 is 0 Å². The van der Waals surface area contributed by atoms with Crippen LogP contribution in [0.4, 0.5) is 17.1 Å². The number of rotatable bonds is 4. The van der Waals surface area contributed by atoms with Crippen LogP contribution in [0.5, 0.6) is 5.75 Å². The van der Waals surface area contributed by atoms with Crippen LogP contribution in [0.15, 0.2) is 78.9 Å². The minimum atomic E-state index is -0.151. The van der Waals surface area contributed by atoms with Crippen LogP contribution in [0.1, 0.15) is 10.4 Å². The zero-order chi connectivity index (χ0) is 16.9. The maximum atomic E-state index is 13.1. The van der Waals surface area contributed by atoms with Crippen molar-refractivity contribution >= 4 is 23.0 Å². The lowest BCUT2D eigenvalue weighted by atomic mass is 10.1. The lowest BCUT2D eigenvalue weighted by Crippen LogP contribution is -2.26. The summed E-state index contributed by atoms with van der Waals surface area (Å²) in [5, 5.41) is 0. The molecule has 0 saturated carbocycles. The third kappa shape index (κ3) is 3.08. The highest BCUT2D eigenvalue weighted by Crippen LogP contribution is 2.29. The fourth-order valence-corrected chi connectivity index (χ4v) is 2.53. The summed E-state index contributed by atoms with van der Waals surface area (Å²) in [7, 11) is 1.55. The molecule has 0 unspecified atom stereocenters. The Hall–Kier alpha value is -3.27. The van der Waals surface area contributed by atoms with Gasteiger partial charge in [0.25, 0.3) is 5.91 Å². The van der Waals surface area contributed by atoms with Gasteiger partial charge in [-0.3, -0.25) is 9.69 Å². The Bertz CT molecular complexity index is 793.